The third-order valence-electron chi connectivity index (χ3n) is 3.37. The molecule has 0 saturated heterocycles. The first-order chi connectivity index (χ1) is 8.60. The Hall–Kier alpha value is -1.00. The Kier molecular flexibility index (Phi) is 4.30. The van der Waals surface area contributed by atoms with Gasteiger partial charge in [-0.15, -0.1) is 0 Å². The van der Waals surface area contributed by atoms with E-state index in [1.807, 2.05) is 6.92 Å². The maximum absolute atomic E-state index is 13.6. The van der Waals surface area contributed by atoms with Gasteiger partial charge in [-0.05, 0) is 25.3 Å². The van der Waals surface area contributed by atoms with Crippen LogP contribution in [0.4, 0.5) is 8.78 Å². The summed E-state index contributed by atoms with van der Waals surface area (Å²) in [6, 6.07) is 4.12. The van der Waals surface area contributed by atoms with Crippen LogP contribution in [0.5, 0.6) is 0 Å². The summed E-state index contributed by atoms with van der Waals surface area (Å²) in [5.41, 5.74) is 0.492. The monoisotopic (exact) mass is 255 g/mol. The smallest absolute Gasteiger partial charge is 0.130 e. The molecule has 1 aromatic carbocycles. The molecule has 1 aromatic rings. The van der Waals surface area contributed by atoms with E-state index in [1.165, 1.54) is 12.1 Å². The normalized spacial score (nSPS) is 17.2. The van der Waals surface area contributed by atoms with E-state index in [2.05, 4.69) is 4.90 Å². The molecule has 1 aliphatic rings. The number of rotatable bonds is 6. The van der Waals surface area contributed by atoms with Crippen molar-refractivity contribution in [2.24, 2.45) is 0 Å². The molecule has 0 amide bonds. The van der Waals surface area contributed by atoms with Crippen LogP contribution >= 0.6 is 0 Å². The number of aliphatic hydroxyl groups is 1. The van der Waals surface area contributed by atoms with Gasteiger partial charge in [-0.3, -0.25) is 4.90 Å². The summed E-state index contributed by atoms with van der Waals surface area (Å²) in [6.07, 6.45) is 2.50. The van der Waals surface area contributed by atoms with Gasteiger partial charge in [0.2, 0.25) is 0 Å². The van der Waals surface area contributed by atoms with E-state index in [1.54, 1.807) is 0 Å². The zero-order valence-corrected chi connectivity index (χ0v) is 10.6. The summed E-state index contributed by atoms with van der Waals surface area (Å²) in [4.78, 5) is 2.09. The van der Waals surface area contributed by atoms with Crippen molar-refractivity contribution in [2.75, 3.05) is 6.54 Å². The molecule has 0 spiro atoms. The van der Waals surface area contributed by atoms with Crippen LogP contribution < -0.4 is 0 Å². The highest BCUT2D eigenvalue weighted by Crippen LogP contribution is 2.29. The molecule has 0 radical (unpaired) electrons. The van der Waals surface area contributed by atoms with Gasteiger partial charge < -0.3 is 5.11 Å². The van der Waals surface area contributed by atoms with Crippen LogP contribution in [0.15, 0.2) is 18.2 Å². The Morgan fingerprint density at radius 1 is 1.39 bits per heavy atom. The lowest BCUT2D eigenvalue weighted by molar-refractivity contribution is 0.100. The minimum atomic E-state index is -0.553. The average Bonchev–Trinajstić information content (AvgIpc) is 3.15. The molecule has 1 unspecified atom stereocenters. The van der Waals surface area contributed by atoms with Crippen LogP contribution in [0, 0.1) is 11.6 Å². The van der Waals surface area contributed by atoms with E-state index in [9.17, 15) is 13.9 Å². The number of hydrogen-bond donors (Lipinski definition) is 1. The van der Waals surface area contributed by atoms with Gasteiger partial charge in [-0.1, -0.05) is 13.0 Å². The van der Waals surface area contributed by atoms with Crippen LogP contribution in [0.1, 0.15) is 31.7 Å². The minimum absolute atomic E-state index is 0.380. The number of hydrogen-bond acceptors (Lipinski definition) is 2. The van der Waals surface area contributed by atoms with Gasteiger partial charge in [-0.25, -0.2) is 8.78 Å². The predicted octanol–water partition coefficient (Wildman–Crippen LogP) is 2.70. The molecule has 2 rings (SSSR count). The summed E-state index contributed by atoms with van der Waals surface area (Å²) < 4.78 is 26.4. The van der Waals surface area contributed by atoms with Crippen molar-refractivity contribution in [2.45, 2.75) is 44.9 Å². The molecule has 1 atom stereocenters. The molecule has 0 bridgehead atoms. The Morgan fingerprint density at radius 3 is 2.67 bits per heavy atom. The first kappa shape index (κ1) is 13.4. The van der Waals surface area contributed by atoms with Crippen molar-refractivity contribution >= 4 is 0 Å². The summed E-state index contributed by atoms with van der Waals surface area (Å²) >= 11 is 0. The number of halogens is 2. The lowest BCUT2D eigenvalue weighted by Gasteiger charge is -2.24. The second-order valence-electron chi connectivity index (χ2n) is 4.96. The van der Waals surface area contributed by atoms with Gasteiger partial charge in [0.1, 0.15) is 11.6 Å². The quantitative estimate of drug-likeness (QED) is 0.844. The summed E-state index contributed by atoms with van der Waals surface area (Å²) in [5.74, 6) is -1.06. The first-order valence-corrected chi connectivity index (χ1v) is 6.46. The Labute approximate surface area is 106 Å². The molecule has 2 nitrogen and oxygen atoms in total. The fraction of sp³-hybridized carbons (Fsp3) is 0.571. The van der Waals surface area contributed by atoms with Crippen LogP contribution in [-0.2, 0) is 6.54 Å². The second-order valence-corrected chi connectivity index (χ2v) is 4.96. The largest absolute Gasteiger partial charge is 0.392 e. The highest BCUT2D eigenvalue weighted by Gasteiger charge is 2.30. The van der Waals surface area contributed by atoms with Crippen molar-refractivity contribution in [3.05, 3.63) is 35.4 Å². The van der Waals surface area contributed by atoms with Gasteiger partial charge in [0.25, 0.3) is 0 Å². The summed E-state index contributed by atoms with van der Waals surface area (Å²) in [6.45, 7) is 2.92. The fourth-order valence-electron chi connectivity index (χ4n) is 2.05. The first-order valence-electron chi connectivity index (χ1n) is 6.46. The number of benzene rings is 1. The molecular formula is C14H19F2NO. The maximum Gasteiger partial charge on any atom is 0.130 e. The van der Waals surface area contributed by atoms with E-state index in [0.29, 0.717) is 31.1 Å². The molecule has 1 saturated carbocycles. The van der Waals surface area contributed by atoms with Gasteiger partial charge in [-0.2, -0.15) is 0 Å². The predicted molar refractivity (Wildman–Crippen MR) is 66.1 cm³/mol. The molecule has 18 heavy (non-hydrogen) atoms. The Balaban J connectivity index is 2.03. The standard InChI is InChI=1S/C14H19F2NO/c1-2-13(18)9-17(12-5-6-12)8-10-3-4-11(15)7-14(10)16/h3-4,7,12-13,18H,2,5-6,8-9H2,1H3. The van der Waals surface area contributed by atoms with Gasteiger partial charge in [0.05, 0.1) is 6.10 Å². The van der Waals surface area contributed by atoms with Crippen molar-refractivity contribution in [3.63, 3.8) is 0 Å². The van der Waals surface area contributed by atoms with Gasteiger partial charge in [0.15, 0.2) is 0 Å². The van der Waals surface area contributed by atoms with Crippen molar-refractivity contribution < 1.29 is 13.9 Å². The molecule has 100 valence electrons. The molecule has 1 N–H and O–H groups in total. The average molecular weight is 255 g/mol. The topological polar surface area (TPSA) is 23.5 Å². The van der Waals surface area contributed by atoms with Crippen LogP contribution in [0.2, 0.25) is 0 Å². The third kappa shape index (κ3) is 3.50. The molecule has 0 heterocycles. The second kappa shape index (κ2) is 5.76. The molecule has 0 aliphatic heterocycles. The molecule has 1 fully saturated rings. The Morgan fingerprint density at radius 2 is 2.11 bits per heavy atom. The summed E-state index contributed by atoms with van der Waals surface area (Å²) in [5, 5.41) is 9.70. The maximum atomic E-state index is 13.6. The summed E-state index contributed by atoms with van der Waals surface area (Å²) in [7, 11) is 0. The molecule has 0 aromatic heterocycles. The van der Waals surface area contributed by atoms with E-state index in [-0.39, 0.29) is 6.10 Å². The van der Waals surface area contributed by atoms with Crippen LogP contribution in [0.25, 0.3) is 0 Å². The number of aliphatic hydroxyl groups excluding tert-OH is 1. The van der Waals surface area contributed by atoms with Crippen LogP contribution in [0.3, 0.4) is 0 Å². The third-order valence-corrected chi connectivity index (χ3v) is 3.37. The zero-order valence-electron chi connectivity index (χ0n) is 10.6. The lowest BCUT2D eigenvalue weighted by atomic mass is 10.1. The van der Waals surface area contributed by atoms with Crippen molar-refractivity contribution in [3.8, 4) is 0 Å². The van der Waals surface area contributed by atoms with E-state index in [4.69, 9.17) is 0 Å². The fourth-order valence-corrected chi connectivity index (χ4v) is 2.05. The van der Waals surface area contributed by atoms with Crippen molar-refractivity contribution in [1.29, 1.82) is 0 Å². The van der Waals surface area contributed by atoms with E-state index >= 15 is 0 Å². The highest BCUT2D eigenvalue weighted by molar-refractivity contribution is 5.18. The van der Waals surface area contributed by atoms with Gasteiger partial charge in [0, 0.05) is 30.8 Å². The number of nitrogens with zero attached hydrogens (tertiary/aromatic N) is 1. The Bertz CT molecular complexity index is 407. The van der Waals surface area contributed by atoms with Gasteiger partial charge >= 0.3 is 0 Å². The molecular weight excluding hydrogens is 236 g/mol. The lowest BCUT2D eigenvalue weighted by Crippen LogP contribution is -2.33. The SMILES string of the molecule is CCC(O)CN(Cc1ccc(F)cc1F)C1CC1. The van der Waals surface area contributed by atoms with Crippen LogP contribution in [-0.4, -0.2) is 28.7 Å². The van der Waals surface area contributed by atoms with E-state index in [0.717, 1.165) is 18.9 Å². The highest BCUT2D eigenvalue weighted by atomic mass is 19.1. The van der Waals surface area contributed by atoms with Crippen molar-refractivity contribution in [1.82, 2.24) is 4.90 Å². The minimum Gasteiger partial charge on any atom is -0.392 e. The van der Waals surface area contributed by atoms with E-state index < -0.39 is 11.6 Å². The zero-order chi connectivity index (χ0) is 13.1. The molecule has 4 heteroatoms. The molecule has 1 aliphatic carbocycles.